The third kappa shape index (κ3) is 4.58. The van der Waals surface area contributed by atoms with Gasteiger partial charge in [-0.1, -0.05) is 11.6 Å². The highest BCUT2D eigenvalue weighted by Crippen LogP contribution is 2.29. The van der Waals surface area contributed by atoms with E-state index in [1.165, 1.54) is 19.2 Å². The van der Waals surface area contributed by atoms with Gasteiger partial charge in [-0.2, -0.15) is 0 Å². The lowest BCUT2D eigenvalue weighted by Crippen LogP contribution is -2.42. The largest absolute Gasteiger partial charge is 0.496 e. The summed E-state index contributed by atoms with van der Waals surface area (Å²) in [6.07, 6.45) is 0.702. The van der Waals surface area contributed by atoms with Gasteiger partial charge in [-0.15, -0.1) is 12.4 Å². The maximum Gasteiger partial charge on any atom is 0.317 e. The smallest absolute Gasteiger partial charge is 0.317 e. The number of nitrogens with one attached hydrogen (secondary N) is 2. The second-order valence-corrected chi connectivity index (χ2v) is 5.72. The monoisotopic (exact) mass is 376 g/mol. The van der Waals surface area contributed by atoms with Gasteiger partial charge >= 0.3 is 6.03 Å². The SMILES string of the molecule is CCNC(=O)N1CCC(NC(=O)c2cc(Cl)c(N)cc2OC)C1.Cl. The predicted octanol–water partition coefficient (Wildman–Crippen LogP) is 1.89. The fraction of sp³-hybridized carbons (Fsp3) is 0.467. The Morgan fingerprint density at radius 1 is 1.46 bits per heavy atom. The number of nitrogens with zero attached hydrogens (tertiary/aromatic N) is 1. The van der Waals surface area contributed by atoms with Gasteiger partial charge in [0.2, 0.25) is 0 Å². The first-order chi connectivity index (χ1) is 11.0. The standard InChI is InChI=1S/C15H21ClN4O3.ClH/c1-3-18-15(22)20-5-4-9(8-20)19-14(21)10-6-11(16)12(17)7-13(10)23-2;/h6-7,9H,3-5,8,17H2,1-2H3,(H,18,22)(H,19,21);1H. The van der Waals surface area contributed by atoms with Crippen LogP contribution in [-0.4, -0.2) is 49.6 Å². The molecule has 9 heteroatoms. The second-order valence-electron chi connectivity index (χ2n) is 5.31. The summed E-state index contributed by atoms with van der Waals surface area (Å²) in [5.41, 5.74) is 6.39. The zero-order valence-electron chi connectivity index (χ0n) is 13.6. The number of methoxy groups -OCH3 is 1. The molecule has 0 aliphatic carbocycles. The van der Waals surface area contributed by atoms with Gasteiger partial charge in [0.1, 0.15) is 5.75 Å². The molecule has 1 fully saturated rings. The molecule has 1 atom stereocenters. The molecule has 24 heavy (non-hydrogen) atoms. The second kappa shape index (κ2) is 8.84. The van der Waals surface area contributed by atoms with E-state index in [1.807, 2.05) is 6.92 Å². The maximum atomic E-state index is 12.4. The first kappa shape index (κ1) is 20.2. The van der Waals surface area contributed by atoms with E-state index < -0.39 is 0 Å². The molecule has 134 valence electrons. The molecule has 7 nitrogen and oxygen atoms in total. The summed E-state index contributed by atoms with van der Waals surface area (Å²) >= 11 is 5.98. The predicted molar refractivity (Wildman–Crippen MR) is 96.2 cm³/mol. The van der Waals surface area contributed by atoms with Crippen molar-refractivity contribution in [1.29, 1.82) is 0 Å². The number of urea groups is 1. The molecule has 1 unspecified atom stereocenters. The molecule has 1 aliphatic heterocycles. The minimum atomic E-state index is -0.300. The van der Waals surface area contributed by atoms with E-state index in [9.17, 15) is 9.59 Å². The summed E-state index contributed by atoms with van der Waals surface area (Å²) < 4.78 is 5.18. The van der Waals surface area contributed by atoms with E-state index in [1.54, 1.807) is 4.90 Å². The lowest BCUT2D eigenvalue weighted by Gasteiger charge is -2.18. The molecular formula is C15H22Cl2N4O3. The van der Waals surface area contributed by atoms with Crippen molar-refractivity contribution in [2.24, 2.45) is 0 Å². The van der Waals surface area contributed by atoms with E-state index >= 15 is 0 Å². The van der Waals surface area contributed by atoms with E-state index in [0.29, 0.717) is 48.1 Å². The number of nitrogens with two attached hydrogens (primary N) is 1. The van der Waals surface area contributed by atoms with Crippen LogP contribution < -0.4 is 21.1 Å². The number of hydrogen-bond donors (Lipinski definition) is 3. The van der Waals surface area contributed by atoms with Gasteiger partial charge in [-0.3, -0.25) is 4.79 Å². The lowest BCUT2D eigenvalue weighted by molar-refractivity contribution is 0.0935. The van der Waals surface area contributed by atoms with Gasteiger partial charge in [0.05, 0.1) is 23.4 Å². The highest BCUT2D eigenvalue weighted by molar-refractivity contribution is 6.33. The minimum absolute atomic E-state index is 0. The molecule has 0 aromatic heterocycles. The minimum Gasteiger partial charge on any atom is -0.496 e. The number of carbonyl (C=O) groups is 2. The van der Waals surface area contributed by atoms with Crippen molar-refractivity contribution in [1.82, 2.24) is 15.5 Å². The fourth-order valence-electron chi connectivity index (χ4n) is 2.50. The summed E-state index contributed by atoms with van der Waals surface area (Å²) in [5, 5.41) is 5.95. The molecule has 1 aromatic rings. The molecular weight excluding hydrogens is 355 g/mol. The topological polar surface area (TPSA) is 96.7 Å². The van der Waals surface area contributed by atoms with Gasteiger partial charge in [0, 0.05) is 31.7 Å². The molecule has 1 saturated heterocycles. The normalized spacial score (nSPS) is 16.3. The van der Waals surface area contributed by atoms with Crippen molar-refractivity contribution in [3.63, 3.8) is 0 Å². The molecule has 2 rings (SSSR count). The van der Waals surface area contributed by atoms with Crippen LogP contribution in [-0.2, 0) is 0 Å². The summed E-state index contributed by atoms with van der Waals surface area (Å²) in [6, 6.07) is 2.79. The molecule has 3 amide bonds. The molecule has 1 heterocycles. The van der Waals surface area contributed by atoms with Crippen molar-refractivity contribution in [2.45, 2.75) is 19.4 Å². The van der Waals surface area contributed by atoms with E-state index in [4.69, 9.17) is 22.1 Å². The highest BCUT2D eigenvalue weighted by Gasteiger charge is 2.28. The number of amides is 3. The van der Waals surface area contributed by atoms with Crippen LogP contribution in [0.15, 0.2) is 12.1 Å². The summed E-state index contributed by atoms with van der Waals surface area (Å²) in [4.78, 5) is 25.9. The number of ether oxygens (including phenoxy) is 1. The average Bonchev–Trinajstić information content (AvgIpc) is 2.98. The Balaban J connectivity index is 0.00000288. The number of rotatable bonds is 4. The number of likely N-dealkylation sites (tertiary alicyclic amines) is 1. The Kier molecular flexibility index (Phi) is 7.44. The van der Waals surface area contributed by atoms with Gasteiger partial charge in [-0.25, -0.2) is 4.79 Å². The molecule has 0 saturated carbocycles. The first-order valence-corrected chi connectivity index (χ1v) is 7.80. The third-order valence-electron chi connectivity index (χ3n) is 3.70. The average molecular weight is 377 g/mol. The van der Waals surface area contributed by atoms with E-state index in [0.717, 1.165) is 0 Å². The van der Waals surface area contributed by atoms with Crippen LogP contribution in [0.5, 0.6) is 5.75 Å². The Morgan fingerprint density at radius 3 is 2.79 bits per heavy atom. The van der Waals surface area contributed by atoms with Gasteiger partial charge in [-0.05, 0) is 19.4 Å². The number of anilines is 1. The summed E-state index contributed by atoms with van der Waals surface area (Å²) in [5.74, 6) is 0.0643. The van der Waals surface area contributed by atoms with Crippen LogP contribution >= 0.6 is 24.0 Å². The number of benzene rings is 1. The third-order valence-corrected chi connectivity index (χ3v) is 4.03. The maximum absolute atomic E-state index is 12.4. The molecule has 0 radical (unpaired) electrons. The lowest BCUT2D eigenvalue weighted by atomic mass is 10.1. The Hall–Kier alpha value is -1.86. The molecule has 0 bridgehead atoms. The fourth-order valence-corrected chi connectivity index (χ4v) is 2.67. The van der Waals surface area contributed by atoms with Crippen molar-refractivity contribution in [3.05, 3.63) is 22.7 Å². The first-order valence-electron chi connectivity index (χ1n) is 7.42. The van der Waals surface area contributed by atoms with Crippen molar-refractivity contribution >= 4 is 41.6 Å². The van der Waals surface area contributed by atoms with Crippen LogP contribution in [0.3, 0.4) is 0 Å². The van der Waals surface area contributed by atoms with Crippen molar-refractivity contribution in [2.75, 3.05) is 32.5 Å². The number of halogens is 2. The van der Waals surface area contributed by atoms with Gasteiger partial charge in [0.25, 0.3) is 5.91 Å². The summed E-state index contributed by atoms with van der Waals surface area (Å²) in [6.45, 7) is 3.52. The van der Waals surface area contributed by atoms with Gasteiger partial charge in [0.15, 0.2) is 0 Å². The molecule has 4 N–H and O–H groups in total. The van der Waals surface area contributed by atoms with Crippen molar-refractivity contribution in [3.8, 4) is 5.75 Å². The van der Waals surface area contributed by atoms with E-state index in [2.05, 4.69) is 10.6 Å². The zero-order chi connectivity index (χ0) is 17.0. The van der Waals surface area contributed by atoms with Crippen LogP contribution in [0, 0.1) is 0 Å². The number of carbonyl (C=O) groups excluding carboxylic acids is 2. The van der Waals surface area contributed by atoms with Crippen LogP contribution in [0.4, 0.5) is 10.5 Å². The zero-order valence-corrected chi connectivity index (χ0v) is 15.2. The Labute approximate surface area is 152 Å². The van der Waals surface area contributed by atoms with Gasteiger partial charge < -0.3 is 26.0 Å². The molecule has 1 aromatic carbocycles. The Morgan fingerprint density at radius 2 is 2.17 bits per heavy atom. The van der Waals surface area contributed by atoms with E-state index in [-0.39, 0.29) is 30.4 Å². The molecule has 1 aliphatic rings. The quantitative estimate of drug-likeness (QED) is 0.698. The Bertz CT molecular complexity index is 613. The number of hydrogen-bond acceptors (Lipinski definition) is 4. The molecule has 0 spiro atoms. The highest BCUT2D eigenvalue weighted by atomic mass is 35.5. The van der Waals surface area contributed by atoms with Crippen LogP contribution in [0.25, 0.3) is 0 Å². The van der Waals surface area contributed by atoms with Crippen LogP contribution in [0.1, 0.15) is 23.7 Å². The summed E-state index contributed by atoms with van der Waals surface area (Å²) in [7, 11) is 1.46. The van der Waals surface area contributed by atoms with Crippen LogP contribution in [0.2, 0.25) is 5.02 Å². The number of nitrogen functional groups attached to an aromatic ring is 1. The van der Waals surface area contributed by atoms with Crippen molar-refractivity contribution < 1.29 is 14.3 Å².